The van der Waals surface area contributed by atoms with Gasteiger partial charge in [0, 0.05) is 19.3 Å². The van der Waals surface area contributed by atoms with Crippen molar-refractivity contribution >= 4 is 17.9 Å². The molecule has 0 aromatic carbocycles. The molecule has 0 bridgehead atoms. The first-order valence-electron chi connectivity index (χ1n) is 30.8. The summed E-state index contributed by atoms with van der Waals surface area (Å²) in [4.78, 5) is 38.0. The molecular formula is C65H116O6. The van der Waals surface area contributed by atoms with Crippen LogP contribution < -0.4 is 0 Å². The molecule has 0 radical (unpaired) electrons. The molecule has 1 atom stereocenters. The quantitative estimate of drug-likeness (QED) is 0.0261. The average Bonchev–Trinajstić information content (AvgIpc) is 3.37. The predicted octanol–water partition coefficient (Wildman–Crippen LogP) is 20.8. The van der Waals surface area contributed by atoms with Gasteiger partial charge in [-0.2, -0.15) is 0 Å². The SMILES string of the molecule is CC/C=C\C/C=C\C/C=C\C/C=C\CCCCCCCCCCCCCCCCCCCCC(=O)OCC(COC(=O)CCCCCCCCC)OC(=O)CCCCCCC/C=C\CCCCCCCC. The van der Waals surface area contributed by atoms with Crippen LogP contribution in [0, 0.1) is 0 Å². The summed E-state index contributed by atoms with van der Waals surface area (Å²) in [5.41, 5.74) is 0. The van der Waals surface area contributed by atoms with E-state index in [4.69, 9.17) is 14.2 Å². The third-order valence-electron chi connectivity index (χ3n) is 13.5. The largest absolute Gasteiger partial charge is 0.462 e. The molecule has 0 fully saturated rings. The van der Waals surface area contributed by atoms with Crippen LogP contribution in [0.25, 0.3) is 0 Å². The Hall–Kier alpha value is -2.89. The molecule has 6 heteroatoms. The Morgan fingerprint density at radius 3 is 0.873 bits per heavy atom. The standard InChI is InChI=1S/C65H116O6/c1-4-7-10-13-16-18-20-22-24-25-26-27-28-29-30-31-32-33-34-35-36-37-38-39-41-42-44-46-49-52-55-58-64(67)70-61-62(60-69-63(66)57-54-51-48-15-12-9-6-3)71-65(68)59-56-53-50-47-45-43-40-23-21-19-17-14-11-8-5-2/h7,10,16,18,22-24,26-27,40,62H,4-6,8-9,11-15,17,19-21,25,28-39,41-61H2,1-3H3/b10-7-,18-16-,24-22-,27-26-,40-23-. The maximum absolute atomic E-state index is 12.8. The molecule has 412 valence electrons. The molecule has 0 saturated carbocycles. The van der Waals surface area contributed by atoms with Crippen molar-refractivity contribution in [1.82, 2.24) is 0 Å². The summed E-state index contributed by atoms with van der Waals surface area (Å²) in [7, 11) is 0. The fourth-order valence-corrected chi connectivity index (χ4v) is 8.90. The lowest BCUT2D eigenvalue weighted by atomic mass is 10.0. The number of unbranched alkanes of at least 4 members (excludes halogenated alkanes) is 35. The maximum atomic E-state index is 12.8. The van der Waals surface area contributed by atoms with Crippen molar-refractivity contribution < 1.29 is 28.6 Å². The minimum atomic E-state index is -0.772. The zero-order chi connectivity index (χ0) is 51.4. The number of rotatable bonds is 56. The molecule has 0 rings (SSSR count). The highest BCUT2D eigenvalue weighted by atomic mass is 16.6. The molecule has 71 heavy (non-hydrogen) atoms. The minimum absolute atomic E-state index is 0.0731. The lowest BCUT2D eigenvalue weighted by Gasteiger charge is -2.18. The lowest BCUT2D eigenvalue weighted by Crippen LogP contribution is -2.30. The average molecular weight is 994 g/mol. The van der Waals surface area contributed by atoms with Gasteiger partial charge in [-0.25, -0.2) is 0 Å². The predicted molar refractivity (Wildman–Crippen MR) is 307 cm³/mol. The molecular weight excluding hydrogens is 877 g/mol. The number of ether oxygens (including phenoxy) is 3. The summed E-state index contributed by atoms with van der Waals surface area (Å²) in [5.74, 6) is -0.874. The second-order valence-corrected chi connectivity index (χ2v) is 20.6. The van der Waals surface area contributed by atoms with Crippen molar-refractivity contribution in [3.05, 3.63) is 60.8 Å². The number of carbonyl (C=O) groups is 3. The Bertz CT molecular complexity index is 1280. The van der Waals surface area contributed by atoms with Gasteiger partial charge in [0.2, 0.25) is 0 Å². The van der Waals surface area contributed by atoms with Crippen LogP contribution in [0.15, 0.2) is 60.8 Å². The smallest absolute Gasteiger partial charge is 0.306 e. The van der Waals surface area contributed by atoms with E-state index in [0.29, 0.717) is 19.3 Å². The van der Waals surface area contributed by atoms with Crippen molar-refractivity contribution in [3.63, 3.8) is 0 Å². The molecule has 0 amide bonds. The topological polar surface area (TPSA) is 78.9 Å². The number of esters is 3. The molecule has 0 aliphatic rings. The van der Waals surface area contributed by atoms with Crippen molar-refractivity contribution in [2.24, 2.45) is 0 Å². The van der Waals surface area contributed by atoms with Gasteiger partial charge in [-0.15, -0.1) is 0 Å². The van der Waals surface area contributed by atoms with Crippen LogP contribution in [0.3, 0.4) is 0 Å². The van der Waals surface area contributed by atoms with E-state index >= 15 is 0 Å². The molecule has 0 spiro atoms. The van der Waals surface area contributed by atoms with E-state index in [1.54, 1.807) is 0 Å². The zero-order valence-electron chi connectivity index (χ0n) is 47.2. The second-order valence-electron chi connectivity index (χ2n) is 20.6. The third kappa shape index (κ3) is 57.9. The summed E-state index contributed by atoms with van der Waals surface area (Å²) in [5, 5.41) is 0. The van der Waals surface area contributed by atoms with Gasteiger partial charge in [0.25, 0.3) is 0 Å². The summed E-state index contributed by atoms with van der Waals surface area (Å²) in [6, 6.07) is 0. The van der Waals surface area contributed by atoms with Gasteiger partial charge in [-0.1, -0.05) is 274 Å². The zero-order valence-corrected chi connectivity index (χ0v) is 47.2. The van der Waals surface area contributed by atoms with Crippen LogP contribution in [0.5, 0.6) is 0 Å². The van der Waals surface area contributed by atoms with E-state index in [1.165, 1.54) is 186 Å². The van der Waals surface area contributed by atoms with E-state index in [2.05, 4.69) is 81.5 Å². The molecule has 0 N–H and O–H groups in total. The molecule has 0 aliphatic heterocycles. The van der Waals surface area contributed by atoms with Gasteiger partial charge in [-0.3, -0.25) is 14.4 Å². The summed E-state index contributed by atoms with van der Waals surface area (Å²) >= 11 is 0. The molecule has 0 heterocycles. The first-order valence-corrected chi connectivity index (χ1v) is 30.8. The normalized spacial score (nSPS) is 12.4. The highest BCUT2D eigenvalue weighted by molar-refractivity contribution is 5.71. The molecule has 0 aliphatic carbocycles. The Balaban J connectivity index is 4.02. The number of hydrogen-bond acceptors (Lipinski definition) is 6. The Labute approximate surface area is 440 Å². The van der Waals surface area contributed by atoms with Crippen LogP contribution in [0.4, 0.5) is 0 Å². The highest BCUT2D eigenvalue weighted by Crippen LogP contribution is 2.17. The van der Waals surface area contributed by atoms with E-state index in [0.717, 1.165) is 89.9 Å². The number of hydrogen-bond donors (Lipinski definition) is 0. The Morgan fingerprint density at radius 2 is 0.549 bits per heavy atom. The fourth-order valence-electron chi connectivity index (χ4n) is 8.90. The van der Waals surface area contributed by atoms with Gasteiger partial charge in [0.1, 0.15) is 13.2 Å². The van der Waals surface area contributed by atoms with E-state index in [9.17, 15) is 14.4 Å². The van der Waals surface area contributed by atoms with Gasteiger partial charge in [0.15, 0.2) is 6.10 Å². The third-order valence-corrected chi connectivity index (χ3v) is 13.5. The molecule has 6 nitrogen and oxygen atoms in total. The van der Waals surface area contributed by atoms with Crippen LogP contribution in [-0.4, -0.2) is 37.2 Å². The highest BCUT2D eigenvalue weighted by Gasteiger charge is 2.19. The first kappa shape index (κ1) is 68.1. The summed E-state index contributed by atoms with van der Waals surface area (Å²) < 4.78 is 16.8. The van der Waals surface area contributed by atoms with Crippen molar-refractivity contribution in [2.75, 3.05) is 13.2 Å². The van der Waals surface area contributed by atoms with E-state index < -0.39 is 6.10 Å². The Kier molecular flexibility index (Phi) is 57.2. The maximum Gasteiger partial charge on any atom is 0.306 e. The van der Waals surface area contributed by atoms with Gasteiger partial charge in [-0.05, 0) is 83.5 Å². The van der Waals surface area contributed by atoms with Gasteiger partial charge < -0.3 is 14.2 Å². The summed E-state index contributed by atoms with van der Waals surface area (Å²) in [6.45, 7) is 6.50. The Morgan fingerprint density at radius 1 is 0.296 bits per heavy atom. The van der Waals surface area contributed by atoms with Crippen LogP contribution in [0.2, 0.25) is 0 Å². The lowest BCUT2D eigenvalue weighted by molar-refractivity contribution is -0.167. The van der Waals surface area contributed by atoms with Crippen molar-refractivity contribution in [1.29, 1.82) is 0 Å². The van der Waals surface area contributed by atoms with E-state index in [-0.39, 0.29) is 31.1 Å². The molecule has 0 aromatic heterocycles. The van der Waals surface area contributed by atoms with Crippen LogP contribution >= 0.6 is 0 Å². The van der Waals surface area contributed by atoms with Crippen molar-refractivity contribution in [3.8, 4) is 0 Å². The van der Waals surface area contributed by atoms with Gasteiger partial charge in [0.05, 0.1) is 0 Å². The fraction of sp³-hybridized carbons (Fsp3) is 0.800. The first-order chi connectivity index (χ1) is 35.0. The van der Waals surface area contributed by atoms with Crippen LogP contribution in [-0.2, 0) is 28.6 Å². The van der Waals surface area contributed by atoms with Crippen molar-refractivity contribution in [2.45, 2.75) is 322 Å². The van der Waals surface area contributed by atoms with Crippen LogP contribution in [0.1, 0.15) is 316 Å². The van der Waals surface area contributed by atoms with Gasteiger partial charge >= 0.3 is 17.9 Å². The second kappa shape index (κ2) is 59.7. The molecule has 0 saturated heterocycles. The number of allylic oxidation sites excluding steroid dienone is 10. The minimum Gasteiger partial charge on any atom is -0.462 e. The van der Waals surface area contributed by atoms with E-state index in [1.807, 2.05) is 0 Å². The summed E-state index contributed by atoms with van der Waals surface area (Å²) in [6.07, 6.45) is 75.5. The molecule has 0 aromatic rings. The molecule has 1 unspecified atom stereocenters. The number of carbonyl (C=O) groups excluding carboxylic acids is 3. The monoisotopic (exact) mass is 993 g/mol.